The Labute approximate surface area is 151 Å². The van der Waals surface area contributed by atoms with Crippen molar-refractivity contribution in [1.29, 1.82) is 0 Å². The quantitative estimate of drug-likeness (QED) is 0.828. The average Bonchev–Trinajstić information content (AvgIpc) is 3.14. The van der Waals surface area contributed by atoms with Gasteiger partial charge in [-0.05, 0) is 18.2 Å². The van der Waals surface area contributed by atoms with E-state index in [2.05, 4.69) is 20.8 Å². The number of nitrogens with one attached hydrogen (secondary N) is 2. The number of hydrogen-bond acceptors (Lipinski definition) is 7. The van der Waals surface area contributed by atoms with Crippen molar-refractivity contribution in [3.05, 3.63) is 28.7 Å². The zero-order valence-electron chi connectivity index (χ0n) is 11.1. The predicted octanol–water partition coefficient (Wildman–Crippen LogP) is 3.37. The van der Waals surface area contributed by atoms with Crippen LogP contribution in [-0.4, -0.2) is 33.8 Å². The van der Waals surface area contributed by atoms with Gasteiger partial charge in [-0.3, -0.25) is 10.1 Å². The highest BCUT2D eigenvalue weighted by atomic mass is 35.5. The van der Waals surface area contributed by atoms with Crippen LogP contribution < -0.4 is 10.6 Å². The van der Waals surface area contributed by atoms with E-state index < -0.39 is 0 Å². The van der Waals surface area contributed by atoms with Gasteiger partial charge in [0, 0.05) is 22.2 Å². The lowest BCUT2D eigenvalue weighted by Crippen LogP contribution is -2.37. The molecule has 1 saturated heterocycles. The van der Waals surface area contributed by atoms with Gasteiger partial charge in [0.05, 0.1) is 11.1 Å². The molecule has 1 aromatic carbocycles. The van der Waals surface area contributed by atoms with Gasteiger partial charge >= 0.3 is 0 Å². The van der Waals surface area contributed by atoms with Gasteiger partial charge in [-0.1, -0.05) is 34.7 Å². The Kier molecular flexibility index (Phi) is 6.79. The Morgan fingerprint density at radius 1 is 1.50 bits per heavy atom. The smallest absolute Gasteiger partial charge is 0.242 e. The SMILES string of the molecule is Cl.O=C(Nc1ccc(Sc2nncs2)c(Cl)c1)C1CSCN1. The molecule has 1 unspecified atom stereocenters. The van der Waals surface area contributed by atoms with Crippen LogP contribution in [0, 0.1) is 0 Å². The topological polar surface area (TPSA) is 66.9 Å². The first kappa shape index (κ1) is 17.8. The van der Waals surface area contributed by atoms with E-state index in [1.165, 1.54) is 23.1 Å². The van der Waals surface area contributed by atoms with Crippen LogP contribution in [0.4, 0.5) is 5.69 Å². The molecule has 1 amide bonds. The number of thioether (sulfide) groups is 1. The van der Waals surface area contributed by atoms with Crippen molar-refractivity contribution in [3.8, 4) is 0 Å². The van der Waals surface area contributed by atoms with Crippen LogP contribution in [0.15, 0.2) is 32.9 Å². The first-order valence-electron chi connectivity index (χ1n) is 6.08. The highest BCUT2D eigenvalue weighted by molar-refractivity contribution is 8.01. The van der Waals surface area contributed by atoms with E-state index in [0.29, 0.717) is 10.7 Å². The molecular formula is C12H12Cl2N4OS3. The lowest BCUT2D eigenvalue weighted by molar-refractivity contribution is -0.117. The molecule has 3 rings (SSSR count). The molecule has 1 aromatic heterocycles. The summed E-state index contributed by atoms with van der Waals surface area (Å²) in [6, 6.07) is 5.34. The van der Waals surface area contributed by atoms with Gasteiger partial charge in [0.1, 0.15) is 5.51 Å². The maximum atomic E-state index is 12.0. The van der Waals surface area contributed by atoms with Crippen LogP contribution in [-0.2, 0) is 4.79 Å². The number of aromatic nitrogens is 2. The molecule has 1 fully saturated rings. The van der Waals surface area contributed by atoms with Crippen molar-refractivity contribution >= 4 is 70.5 Å². The third kappa shape index (κ3) is 4.50. The second kappa shape index (κ2) is 8.37. The summed E-state index contributed by atoms with van der Waals surface area (Å²) in [4.78, 5) is 12.9. The summed E-state index contributed by atoms with van der Waals surface area (Å²) in [5.74, 6) is 1.58. The van der Waals surface area contributed by atoms with E-state index in [1.807, 2.05) is 12.1 Å². The first-order chi connectivity index (χ1) is 10.2. The molecule has 0 radical (unpaired) electrons. The number of rotatable bonds is 4. The van der Waals surface area contributed by atoms with E-state index in [9.17, 15) is 4.79 Å². The number of benzene rings is 1. The number of carbonyl (C=O) groups is 1. The minimum atomic E-state index is -0.135. The molecule has 5 nitrogen and oxygen atoms in total. The molecule has 0 bridgehead atoms. The molecule has 1 aliphatic rings. The second-order valence-electron chi connectivity index (χ2n) is 4.21. The number of halogens is 2. The van der Waals surface area contributed by atoms with E-state index in [1.54, 1.807) is 23.3 Å². The lowest BCUT2D eigenvalue weighted by Gasteiger charge is -2.11. The summed E-state index contributed by atoms with van der Waals surface area (Å²) in [7, 11) is 0. The van der Waals surface area contributed by atoms with Crippen molar-refractivity contribution in [2.75, 3.05) is 16.9 Å². The monoisotopic (exact) mass is 394 g/mol. The Morgan fingerprint density at radius 2 is 2.36 bits per heavy atom. The Morgan fingerprint density at radius 3 is 3.00 bits per heavy atom. The zero-order chi connectivity index (χ0) is 14.7. The highest BCUT2D eigenvalue weighted by Gasteiger charge is 2.22. The Bertz CT molecular complexity index is 635. The van der Waals surface area contributed by atoms with Crippen molar-refractivity contribution < 1.29 is 4.79 Å². The maximum Gasteiger partial charge on any atom is 0.242 e. The molecule has 118 valence electrons. The van der Waals surface area contributed by atoms with Crippen molar-refractivity contribution in [2.24, 2.45) is 0 Å². The molecule has 2 N–H and O–H groups in total. The van der Waals surface area contributed by atoms with Gasteiger partial charge in [0.2, 0.25) is 5.91 Å². The molecular weight excluding hydrogens is 383 g/mol. The van der Waals surface area contributed by atoms with E-state index in [-0.39, 0.29) is 24.4 Å². The number of carbonyl (C=O) groups excluding carboxylic acids is 1. The Balaban J connectivity index is 0.00000176. The largest absolute Gasteiger partial charge is 0.325 e. The lowest BCUT2D eigenvalue weighted by atomic mass is 10.2. The molecule has 0 saturated carbocycles. The van der Waals surface area contributed by atoms with E-state index >= 15 is 0 Å². The summed E-state index contributed by atoms with van der Waals surface area (Å²) >= 11 is 10.9. The summed E-state index contributed by atoms with van der Waals surface area (Å²) < 4.78 is 0.834. The summed E-state index contributed by atoms with van der Waals surface area (Å²) in [6.45, 7) is 0. The number of anilines is 1. The average molecular weight is 395 g/mol. The predicted molar refractivity (Wildman–Crippen MR) is 95.6 cm³/mol. The van der Waals surface area contributed by atoms with Crippen LogP contribution in [0.25, 0.3) is 0 Å². The fourth-order valence-corrected chi connectivity index (χ4v) is 4.43. The highest BCUT2D eigenvalue weighted by Crippen LogP contribution is 2.35. The third-order valence-electron chi connectivity index (χ3n) is 2.77. The molecule has 2 aromatic rings. The molecule has 2 heterocycles. The van der Waals surface area contributed by atoms with Gasteiger partial charge in [-0.25, -0.2) is 0 Å². The van der Waals surface area contributed by atoms with Crippen molar-refractivity contribution in [3.63, 3.8) is 0 Å². The van der Waals surface area contributed by atoms with Crippen LogP contribution in [0.2, 0.25) is 5.02 Å². The molecule has 10 heteroatoms. The van der Waals surface area contributed by atoms with Crippen molar-refractivity contribution in [1.82, 2.24) is 15.5 Å². The van der Waals surface area contributed by atoms with Crippen LogP contribution in [0.3, 0.4) is 0 Å². The summed E-state index contributed by atoms with van der Waals surface area (Å²) in [6.07, 6.45) is 0. The molecule has 1 atom stereocenters. The second-order valence-corrected chi connectivity index (χ2v) is 7.77. The molecule has 0 spiro atoms. The Hall–Kier alpha value is -0.510. The molecule has 1 aliphatic heterocycles. The fraction of sp³-hybridized carbons (Fsp3) is 0.250. The molecule has 22 heavy (non-hydrogen) atoms. The fourth-order valence-electron chi connectivity index (χ4n) is 1.76. The van der Waals surface area contributed by atoms with Gasteiger partial charge in [0.15, 0.2) is 4.34 Å². The number of amides is 1. The zero-order valence-corrected chi connectivity index (χ0v) is 15.1. The number of nitrogens with zero attached hydrogens (tertiary/aromatic N) is 2. The van der Waals surface area contributed by atoms with Gasteiger partial charge in [-0.15, -0.1) is 34.4 Å². The summed E-state index contributed by atoms with van der Waals surface area (Å²) in [5, 5.41) is 14.4. The van der Waals surface area contributed by atoms with Crippen LogP contribution in [0.1, 0.15) is 0 Å². The van der Waals surface area contributed by atoms with Gasteiger partial charge in [-0.2, -0.15) is 0 Å². The standard InChI is InChI=1S/C12H11ClN4OS3.ClH/c13-8-3-7(16-11(18)9-4-19-5-14-9)1-2-10(8)21-12-17-15-6-20-12;/h1-3,6,9,14H,4-5H2,(H,16,18);1H. The molecule has 0 aliphatic carbocycles. The first-order valence-corrected chi connectivity index (χ1v) is 9.31. The van der Waals surface area contributed by atoms with Crippen LogP contribution in [0.5, 0.6) is 0 Å². The summed E-state index contributed by atoms with van der Waals surface area (Å²) in [5.41, 5.74) is 2.38. The minimum Gasteiger partial charge on any atom is -0.325 e. The maximum absolute atomic E-state index is 12.0. The number of hydrogen-bond donors (Lipinski definition) is 2. The normalized spacial score (nSPS) is 17.0. The van der Waals surface area contributed by atoms with Gasteiger partial charge in [0.25, 0.3) is 0 Å². The van der Waals surface area contributed by atoms with Crippen molar-refractivity contribution in [2.45, 2.75) is 15.3 Å². The van der Waals surface area contributed by atoms with Gasteiger partial charge < -0.3 is 5.32 Å². The van der Waals surface area contributed by atoms with E-state index in [0.717, 1.165) is 20.9 Å². The van der Waals surface area contributed by atoms with Crippen LogP contribution >= 0.6 is 58.9 Å². The minimum absolute atomic E-state index is 0. The van der Waals surface area contributed by atoms with E-state index in [4.69, 9.17) is 11.6 Å². The third-order valence-corrected chi connectivity index (χ3v) is 5.99.